The van der Waals surface area contributed by atoms with Crippen LogP contribution in [0, 0.1) is 0 Å². The lowest BCUT2D eigenvalue weighted by Crippen LogP contribution is -2.42. The third kappa shape index (κ3) is 1.14. The van der Waals surface area contributed by atoms with E-state index in [9.17, 15) is 4.79 Å². The molecular formula is C7H9Br2NO2. The Morgan fingerprint density at radius 3 is 2.75 bits per heavy atom. The summed E-state index contributed by atoms with van der Waals surface area (Å²) in [6.07, 6.45) is 1.59. The fourth-order valence-electron chi connectivity index (χ4n) is 1.72. The summed E-state index contributed by atoms with van der Waals surface area (Å²) < 4.78 is 5.33. The molecule has 2 aliphatic rings. The van der Waals surface area contributed by atoms with Crippen molar-refractivity contribution in [2.24, 2.45) is 5.73 Å². The first-order valence-electron chi connectivity index (χ1n) is 3.82. The predicted octanol–water partition coefficient (Wildman–Crippen LogP) is 0.930. The Hall–Kier alpha value is 0.390. The summed E-state index contributed by atoms with van der Waals surface area (Å²) in [6, 6.07) is 0. The van der Waals surface area contributed by atoms with E-state index in [1.165, 1.54) is 0 Å². The number of amides is 1. The number of epoxide rings is 1. The first kappa shape index (κ1) is 8.97. The van der Waals surface area contributed by atoms with Gasteiger partial charge in [0.15, 0.2) is 5.60 Å². The van der Waals surface area contributed by atoms with Crippen molar-refractivity contribution in [2.45, 2.75) is 34.2 Å². The van der Waals surface area contributed by atoms with Gasteiger partial charge >= 0.3 is 0 Å². The minimum atomic E-state index is -0.640. The van der Waals surface area contributed by atoms with E-state index in [0.717, 1.165) is 6.42 Å². The Labute approximate surface area is 87.3 Å². The average molecular weight is 299 g/mol. The fraction of sp³-hybridized carbons (Fsp3) is 0.857. The molecule has 0 radical (unpaired) electrons. The van der Waals surface area contributed by atoms with Crippen LogP contribution < -0.4 is 5.73 Å². The maximum atomic E-state index is 11.0. The number of alkyl halides is 2. The van der Waals surface area contributed by atoms with Crippen LogP contribution in [0.25, 0.3) is 0 Å². The minimum absolute atomic E-state index is 0.0492. The molecule has 1 aliphatic heterocycles. The van der Waals surface area contributed by atoms with Crippen molar-refractivity contribution in [3.8, 4) is 0 Å². The molecule has 2 N–H and O–H groups in total. The molecule has 0 aromatic rings. The summed E-state index contributed by atoms with van der Waals surface area (Å²) in [7, 11) is 0. The molecule has 1 aliphatic carbocycles. The second-order valence-electron chi connectivity index (χ2n) is 3.33. The van der Waals surface area contributed by atoms with Gasteiger partial charge in [-0.1, -0.05) is 31.9 Å². The monoisotopic (exact) mass is 297 g/mol. The van der Waals surface area contributed by atoms with Gasteiger partial charge in [-0.05, 0) is 6.42 Å². The summed E-state index contributed by atoms with van der Waals surface area (Å²) in [5.41, 5.74) is 4.61. The van der Waals surface area contributed by atoms with Crippen molar-refractivity contribution >= 4 is 37.8 Å². The molecule has 1 amide bonds. The van der Waals surface area contributed by atoms with E-state index in [0.29, 0.717) is 11.2 Å². The molecule has 5 heteroatoms. The molecule has 0 aromatic heterocycles. The summed E-state index contributed by atoms with van der Waals surface area (Å²) >= 11 is 7.00. The number of carbonyl (C=O) groups is 1. The van der Waals surface area contributed by atoms with Gasteiger partial charge in [0.05, 0.1) is 6.10 Å². The van der Waals surface area contributed by atoms with Gasteiger partial charge in [0.1, 0.15) is 0 Å². The van der Waals surface area contributed by atoms with Crippen LogP contribution in [0.3, 0.4) is 0 Å². The van der Waals surface area contributed by atoms with Crippen molar-refractivity contribution in [2.75, 3.05) is 0 Å². The van der Waals surface area contributed by atoms with Gasteiger partial charge in [-0.25, -0.2) is 0 Å². The van der Waals surface area contributed by atoms with Gasteiger partial charge in [-0.2, -0.15) is 0 Å². The molecule has 12 heavy (non-hydrogen) atoms. The van der Waals surface area contributed by atoms with Crippen LogP contribution in [0.4, 0.5) is 0 Å². The van der Waals surface area contributed by atoms with Crippen LogP contribution in [0.2, 0.25) is 0 Å². The SMILES string of the molecule is NC(=O)C12CC(Br)C(Br)CC1O2. The predicted molar refractivity (Wildman–Crippen MR) is 51.5 cm³/mol. The zero-order valence-corrected chi connectivity index (χ0v) is 9.47. The second-order valence-corrected chi connectivity index (χ2v) is 5.68. The lowest BCUT2D eigenvalue weighted by molar-refractivity contribution is -0.123. The number of ether oxygens (including phenoxy) is 1. The van der Waals surface area contributed by atoms with Crippen molar-refractivity contribution < 1.29 is 9.53 Å². The summed E-state index contributed by atoms with van der Waals surface area (Å²) in [5.74, 6) is -0.323. The second kappa shape index (κ2) is 2.69. The third-order valence-corrected chi connectivity index (χ3v) is 5.25. The summed E-state index contributed by atoms with van der Waals surface area (Å²) in [5, 5.41) is 0. The van der Waals surface area contributed by atoms with Crippen molar-refractivity contribution in [3.63, 3.8) is 0 Å². The van der Waals surface area contributed by atoms with Gasteiger partial charge < -0.3 is 10.5 Å². The summed E-state index contributed by atoms with van der Waals surface area (Å²) in [4.78, 5) is 11.7. The molecule has 2 fully saturated rings. The van der Waals surface area contributed by atoms with Gasteiger partial charge in [-0.15, -0.1) is 0 Å². The topological polar surface area (TPSA) is 55.6 Å². The molecule has 0 bridgehead atoms. The molecule has 4 unspecified atom stereocenters. The highest BCUT2D eigenvalue weighted by molar-refractivity contribution is 9.12. The molecule has 4 atom stereocenters. The van der Waals surface area contributed by atoms with Crippen molar-refractivity contribution in [1.29, 1.82) is 0 Å². The molecule has 1 saturated carbocycles. The molecule has 1 saturated heterocycles. The molecule has 68 valence electrons. The third-order valence-electron chi connectivity index (χ3n) is 2.56. The smallest absolute Gasteiger partial charge is 0.252 e. The van der Waals surface area contributed by atoms with Gasteiger partial charge in [0, 0.05) is 16.1 Å². The van der Waals surface area contributed by atoms with Crippen LogP contribution in [-0.4, -0.2) is 27.3 Å². The highest BCUT2D eigenvalue weighted by Gasteiger charge is 2.65. The number of halogens is 2. The maximum absolute atomic E-state index is 11.0. The van der Waals surface area contributed by atoms with Crippen LogP contribution in [0.15, 0.2) is 0 Å². The highest BCUT2D eigenvalue weighted by atomic mass is 79.9. The minimum Gasteiger partial charge on any atom is -0.367 e. The number of carbonyl (C=O) groups excluding carboxylic acids is 1. The van der Waals surface area contributed by atoms with Crippen LogP contribution in [0.1, 0.15) is 12.8 Å². The first-order chi connectivity index (χ1) is 5.56. The Morgan fingerprint density at radius 2 is 2.17 bits per heavy atom. The quantitative estimate of drug-likeness (QED) is 0.578. The normalized spacial score (nSPS) is 51.3. The van der Waals surface area contributed by atoms with E-state index in [1.807, 2.05) is 0 Å². The number of fused-ring (bicyclic) bond motifs is 1. The number of primary amides is 1. The number of rotatable bonds is 1. The van der Waals surface area contributed by atoms with Crippen LogP contribution in [-0.2, 0) is 9.53 Å². The Morgan fingerprint density at radius 1 is 1.50 bits per heavy atom. The molecule has 0 aromatic carbocycles. The van der Waals surface area contributed by atoms with Crippen molar-refractivity contribution in [3.05, 3.63) is 0 Å². The van der Waals surface area contributed by atoms with Crippen LogP contribution in [0.5, 0.6) is 0 Å². The molecular weight excluding hydrogens is 290 g/mol. The standard InChI is InChI=1S/C7H9Br2NO2/c8-3-1-5-7(12-5,6(10)11)2-4(3)9/h3-5H,1-2H2,(H2,10,11). The maximum Gasteiger partial charge on any atom is 0.252 e. The Bertz CT molecular complexity index is 235. The molecule has 1 heterocycles. The molecule has 3 nitrogen and oxygen atoms in total. The molecule has 0 spiro atoms. The fourth-order valence-corrected chi connectivity index (χ4v) is 2.95. The number of hydrogen-bond donors (Lipinski definition) is 1. The zero-order chi connectivity index (χ0) is 8.93. The highest BCUT2D eigenvalue weighted by Crippen LogP contribution is 2.50. The lowest BCUT2D eigenvalue weighted by Gasteiger charge is -2.23. The van der Waals surface area contributed by atoms with E-state index in [4.69, 9.17) is 10.5 Å². The van der Waals surface area contributed by atoms with E-state index in [-0.39, 0.29) is 16.8 Å². The summed E-state index contributed by atoms with van der Waals surface area (Å²) in [6.45, 7) is 0. The van der Waals surface area contributed by atoms with Gasteiger partial charge in [0.25, 0.3) is 5.91 Å². The van der Waals surface area contributed by atoms with E-state index in [1.54, 1.807) is 0 Å². The van der Waals surface area contributed by atoms with Crippen molar-refractivity contribution in [1.82, 2.24) is 0 Å². The van der Waals surface area contributed by atoms with Gasteiger partial charge in [0.2, 0.25) is 0 Å². The van der Waals surface area contributed by atoms with Gasteiger partial charge in [-0.3, -0.25) is 4.79 Å². The largest absolute Gasteiger partial charge is 0.367 e. The van der Waals surface area contributed by atoms with Crippen LogP contribution >= 0.6 is 31.9 Å². The van der Waals surface area contributed by atoms with E-state index < -0.39 is 5.60 Å². The lowest BCUT2D eigenvalue weighted by atomic mass is 9.88. The molecule has 2 rings (SSSR count). The zero-order valence-electron chi connectivity index (χ0n) is 6.30. The van der Waals surface area contributed by atoms with E-state index in [2.05, 4.69) is 31.9 Å². The number of nitrogens with two attached hydrogens (primary N) is 1. The first-order valence-corrected chi connectivity index (χ1v) is 5.65. The van der Waals surface area contributed by atoms with E-state index >= 15 is 0 Å². The number of hydrogen-bond acceptors (Lipinski definition) is 2. The Kier molecular flexibility index (Phi) is 2.01. The Balaban J connectivity index is 2.13. The average Bonchev–Trinajstić information content (AvgIpc) is 2.64.